The molecule has 4 aromatic rings. The lowest BCUT2D eigenvalue weighted by Gasteiger charge is -2.32. The molecule has 1 aliphatic rings. The highest BCUT2D eigenvalue weighted by molar-refractivity contribution is 5.94. The highest BCUT2D eigenvalue weighted by atomic mass is 16.5. The van der Waals surface area contributed by atoms with Crippen LogP contribution in [-0.2, 0) is 16.6 Å². The molecule has 1 amide bonds. The summed E-state index contributed by atoms with van der Waals surface area (Å²) in [5.74, 6) is 2.13. The first-order valence-corrected chi connectivity index (χ1v) is 12.6. The summed E-state index contributed by atoms with van der Waals surface area (Å²) in [6.07, 6.45) is 2.11. The molecular formula is C28H34N6O2. The molecule has 1 saturated heterocycles. The summed E-state index contributed by atoms with van der Waals surface area (Å²) in [5, 5.41) is 8.79. The average Bonchev–Trinajstić information content (AvgIpc) is 3.16. The molecule has 8 heteroatoms. The third-order valence-corrected chi connectivity index (χ3v) is 7.04. The van der Waals surface area contributed by atoms with Crippen LogP contribution < -0.4 is 10.6 Å². The molecule has 36 heavy (non-hydrogen) atoms. The van der Waals surface area contributed by atoms with E-state index in [0.717, 1.165) is 65.4 Å². The number of fused-ring (bicyclic) bond motifs is 2. The lowest BCUT2D eigenvalue weighted by molar-refractivity contribution is -0.117. The SMILES string of the molecule is COCCNc1nc(C2CCCN(CC(=O)Nc3ccc4c(c3)nc(C)n4C)C2)cc2ccccc12. The molecule has 5 rings (SSSR count). The number of benzene rings is 2. The number of hydrogen-bond acceptors (Lipinski definition) is 6. The third kappa shape index (κ3) is 5.20. The lowest BCUT2D eigenvalue weighted by atomic mass is 9.93. The van der Waals surface area contributed by atoms with Crippen LogP contribution in [0.3, 0.4) is 0 Å². The van der Waals surface area contributed by atoms with Crippen LogP contribution in [-0.4, -0.2) is 65.2 Å². The number of carbonyl (C=O) groups excluding carboxylic acids is 1. The number of nitrogens with zero attached hydrogens (tertiary/aromatic N) is 4. The van der Waals surface area contributed by atoms with Gasteiger partial charge < -0.3 is 19.9 Å². The summed E-state index contributed by atoms with van der Waals surface area (Å²) in [6.45, 7) is 5.40. The molecule has 1 fully saturated rings. The quantitative estimate of drug-likeness (QED) is 0.361. The molecule has 1 aliphatic heterocycles. The van der Waals surface area contributed by atoms with Crippen LogP contribution in [0.15, 0.2) is 48.5 Å². The molecule has 8 nitrogen and oxygen atoms in total. The van der Waals surface area contributed by atoms with Crippen LogP contribution in [0.25, 0.3) is 21.8 Å². The Balaban J connectivity index is 1.27. The molecule has 1 atom stereocenters. The second-order valence-electron chi connectivity index (χ2n) is 9.58. The van der Waals surface area contributed by atoms with Gasteiger partial charge in [0.25, 0.3) is 0 Å². The number of ether oxygens (including phenoxy) is 1. The maximum atomic E-state index is 12.9. The van der Waals surface area contributed by atoms with Gasteiger partial charge in [0.1, 0.15) is 11.6 Å². The predicted molar refractivity (Wildman–Crippen MR) is 145 cm³/mol. The molecule has 2 aromatic carbocycles. The van der Waals surface area contributed by atoms with Crippen LogP contribution >= 0.6 is 0 Å². The smallest absolute Gasteiger partial charge is 0.238 e. The minimum Gasteiger partial charge on any atom is -0.383 e. The minimum atomic E-state index is -0.00366. The van der Waals surface area contributed by atoms with E-state index >= 15 is 0 Å². The lowest BCUT2D eigenvalue weighted by Crippen LogP contribution is -2.40. The first-order valence-electron chi connectivity index (χ1n) is 12.6. The summed E-state index contributed by atoms with van der Waals surface area (Å²) in [4.78, 5) is 24.7. The van der Waals surface area contributed by atoms with Crippen molar-refractivity contribution in [3.8, 4) is 0 Å². The Labute approximate surface area is 211 Å². The molecule has 3 heterocycles. The van der Waals surface area contributed by atoms with Gasteiger partial charge >= 0.3 is 0 Å². The van der Waals surface area contributed by atoms with Crippen molar-refractivity contribution < 1.29 is 9.53 Å². The number of anilines is 2. The third-order valence-electron chi connectivity index (χ3n) is 7.04. The fraction of sp³-hybridized carbons (Fsp3) is 0.393. The Morgan fingerprint density at radius 2 is 2.03 bits per heavy atom. The Hall–Kier alpha value is -3.49. The topological polar surface area (TPSA) is 84.3 Å². The number of pyridine rings is 1. The van der Waals surface area contributed by atoms with Crippen molar-refractivity contribution in [3.63, 3.8) is 0 Å². The summed E-state index contributed by atoms with van der Waals surface area (Å²) < 4.78 is 7.25. The van der Waals surface area contributed by atoms with Gasteiger partial charge in [0, 0.05) is 49.9 Å². The van der Waals surface area contributed by atoms with E-state index in [1.54, 1.807) is 7.11 Å². The number of amides is 1. The number of rotatable bonds is 8. The number of methoxy groups -OCH3 is 1. The van der Waals surface area contributed by atoms with Crippen LogP contribution in [0.5, 0.6) is 0 Å². The van der Waals surface area contributed by atoms with E-state index in [1.165, 1.54) is 5.39 Å². The Bertz CT molecular complexity index is 1380. The first kappa shape index (κ1) is 24.2. The predicted octanol–water partition coefficient (Wildman–Crippen LogP) is 4.31. The van der Waals surface area contributed by atoms with Crippen molar-refractivity contribution >= 4 is 39.2 Å². The minimum absolute atomic E-state index is 0.00366. The van der Waals surface area contributed by atoms with Gasteiger partial charge in [-0.3, -0.25) is 9.69 Å². The average molecular weight is 487 g/mol. The fourth-order valence-corrected chi connectivity index (χ4v) is 5.08. The molecule has 2 aromatic heterocycles. The van der Waals surface area contributed by atoms with Gasteiger partial charge in [-0.25, -0.2) is 9.97 Å². The Kier molecular flexibility index (Phi) is 7.16. The molecular weight excluding hydrogens is 452 g/mol. The second kappa shape index (κ2) is 10.6. The number of hydrogen-bond donors (Lipinski definition) is 2. The van der Waals surface area contributed by atoms with Gasteiger partial charge in [-0.15, -0.1) is 0 Å². The van der Waals surface area contributed by atoms with Gasteiger partial charge in [0.15, 0.2) is 0 Å². The van der Waals surface area contributed by atoms with E-state index in [4.69, 9.17) is 9.72 Å². The van der Waals surface area contributed by atoms with Crippen molar-refractivity contribution in [3.05, 3.63) is 60.0 Å². The zero-order chi connectivity index (χ0) is 25.1. The van der Waals surface area contributed by atoms with E-state index < -0.39 is 0 Å². The largest absolute Gasteiger partial charge is 0.383 e. The molecule has 0 spiro atoms. The van der Waals surface area contributed by atoms with E-state index in [9.17, 15) is 4.79 Å². The zero-order valence-corrected chi connectivity index (χ0v) is 21.3. The molecule has 0 saturated carbocycles. The number of piperidine rings is 1. The van der Waals surface area contributed by atoms with E-state index in [2.05, 4.69) is 44.8 Å². The van der Waals surface area contributed by atoms with Crippen molar-refractivity contribution in [2.75, 3.05) is 50.5 Å². The first-order chi connectivity index (χ1) is 17.5. The van der Waals surface area contributed by atoms with Crippen molar-refractivity contribution in [2.45, 2.75) is 25.7 Å². The van der Waals surface area contributed by atoms with E-state index in [-0.39, 0.29) is 11.8 Å². The summed E-state index contributed by atoms with van der Waals surface area (Å²) in [6, 6.07) is 16.4. The van der Waals surface area contributed by atoms with Crippen molar-refractivity contribution in [2.24, 2.45) is 7.05 Å². The zero-order valence-electron chi connectivity index (χ0n) is 21.3. The number of imidazole rings is 1. The molecule has 2 N–H and O–H groups in total. The van der Waals surface area contributed by atoms with Crippen molar-refractivity contribution in [1.82, 2.24) is 19.4 Å². The van der Waals surface area contributed by atoms with Crippen LogP contribution in [0, 0.1) is 6.92 Å². The molecule has 0 bridgehead atoms. The normalized spacial score (nSPS) is 16.5. The van der Waals surface area contributed by atoms with Crippen LogP contribution in [0.1, 0.15) is 30.3 Å². The monoisotopic (exact) mass is 486 g/mol. The fourth-order valence-electron chi connectivity index (χ4n) is 5.08. The van der Waals surface area contributed by atoms with Crippen LogP contribution in [0.2, 0.25) is 0 Å². The Morgan fingerprint density at radius 3 is 2.89 bits per heavy atom. The number of carbonyl (C=O) groups is 1. The summed E-state index contributed by atoms with van der Waals surface area (Å²) in [5.41, 5.74) is 3.81. The Morgan fingerprint density at radius 1 is 1.17 bits per heavy atom. The molecule has 1 unspecified atom stereocenters. The number of nitrogens with one attached hydrogen (secondary N) is 2. The van der Waals surface area contributed by atoms with E-state index in [0.29, 0.717) is 19.7 Å². The van der Waals surface area contributed by atoms with Crippen LogP contribution in [0.4, 0.5) is 11.5 Å². The maximum Gasteiger partial charge on any atom is 0.238 e. The highest BCUT2D eigenvalue weighted by Crippen LogP contribution is 2.31. The molecule has 188 valence electrons. The van der Waals surface area contributed by atoms with Gasteiger partial charge in [-0.05, 0) is 56.0 Å². The number of aromatic nitrogens is 3. The van der Waals surface area contributed by atoms with Gasteiger partial charge in [0.2, 0.25) is 5.91 Å². The van der Waals surface area contributed by atoms with Crippen molar-refractivity contribution in [1.29, 1.82) is 0 Å². The summed E-state index contributed by atoms with van der Waals surface area (Å²) >= 11 is 0. The standard InChI is InChI=1S/C28H34N6O2/c1-19-30-25-16-22(10-11-26(25)33(19)2)31-27(35)18-34-13-6-8-21(17-34)24-15-20-7-4-5-9-23(20)28(32-24)29-12-14-36-3/h4-5,7,9-11,15-16,21H,6,8,12-14,17-18H2,1-3H3,(H,29,32)(H,31,35). The second-order valence-corrected chi connectivity index (χ2v) is 9.58. The van der Waals surface area contributed by atoms with Gasteiger partial charge in [-0.2, -0.15) is 0 Å². The van der Waals surface area contributed by atoms with E-state index in [1.807, 2.05) is 42.8 Å². The molecule has 0 aliphatic carbocycles. The number of likely N-dealkylation sites (tertiary alicyclic amines) is 1. The maximum absolute atomic E-state index is 12.9. The molecule has 0 radical (unpaired) electrons. The van der Waals surface area contributed by atoms with Gasteiger partial charge in [-0.1, -0.05) is 24.3 Å². The number of aryl methyl sites for hydroxylation is 2. The van der Waals surface area contributed by atoms with Gasteiger partial charge in [0.05, 0.1) is 24.2 Å². The highest BCUT2D eigenvalue weighted by Gasteiger charge is 2.25. The summed E-state index contributed by atoms with van der Waals surface area (Å²) in [7, 11) is 3.70.